The van der Waals surface area contributed by atoms with E-state index in [1.165, 1.54) is 11.0 Å². The van der Waals surface area contributed by atoms with Gasteiger partial charge in [0.25, 0.3) is 5.91 Å². The smallest absolute Gasteiger partial charge is 0.257 e. The highest BCUT2D eigenvalue weighted by Gasteiger charge is 2.15. The zero-order chi connectivity index (χ0) is 14.4. The van der Waals surface area contributed by atoms with Crippen molar-refractivity contribution in [1.82, 2.24) is 0 Å². The van der Waals surface area contributed by atoms with Crippen LogP contribution in [-0.4, -0.2) is 11.0 Å². The minimum Gasteiger partial charge on any atom is -0.376 e. The number of nitrogens with two attached hydrogens (primary N) is 1. The minimum absolute atomic E-state index is 0.0268. The molecule has 0 radical (unpaired) electrons. The second kappa shape index (κ2) is 6.63. The van der Waals surface area contributed by atoms with Gasteiger partial charge in [-0.05, 0) is 36.0 Å². The predicted octanol–water partition coefficient (Wildman–Crippen LogP) is 2.98. The molecule has 2 rings (SSSR count). The average Bonchev–Trinajstić information content (AvgIpc) is 2.47. The molecule has 0 saturated heterocycles. The van der Waals surface area contributed by atoms with Crippen molar-refractivity contribution in [3.63, 3.8) is 0 Å². The third-order valence-electron chi connectivity index (χ3n) is 2.67. The molecule has 2 aromatic carbocycles. The molecule has 0 saturated carbocycles. The van der Waals surface area contributed by atoms with Gasteiger partial charge in [0, 0.05) is 6.08 Å². The van der Waals surface area contributed by atoms with Gasteiger partial charge in [0.05, 0.1) is 5.69 Å². The summed E-state index contributed by atoms with van der Waals surface area (Å²) in [6.45, 7) is 0. The molecule has 4 heteroatoms. The molecule has 0 fully saturated rings. The zero-order valence-electron chi connectivity index (χ0n) is 10.8. The third kappa shape index (κ3) is 3.52. The normalized spacial score (nSPS) is 10.4. The lowest BCUT2D eigenvalue weighted by atomic mass is 10.2. The summed E-state index contributed by atoms with van der Waals surface area (Å²) in [5, 5.41) is 0.0268. The lowest BCUT2D eigenvalue weighted by molar-refractivity contribution is -0.113. The highest BCUT2D eigenvalue weighted by Crippen LogP contribution is 2.14. The van der Waals surface area contributed by atoms with Gasteiger partial charge in [0.1, 0.15) is 0 Å². The number of para-hydroxylation sites is 1. The fraction of sp³-hybridized carbons (Fsp3) is 0. The van der Waals surface area contributed by atoms with Crippen molar-refractivity contribution in [2.45, 2.75) is 0 Å². The molecule has 0 aliphatic heterocycles. The molecule has 0 spiro atoms. The van der Waals surface area contributed by atoms with Gasteiger partial charge in [0.2, 0.25) is 0 Å². The number of hydrogen-bond acceptors (Lipinski definition) is 2. The Balaban J connectivity index is 2.21. The van der Waals surface area contributed by atoms with Crippen molar-refractivity contribution in [3.8, 4) is 0 Å². The number of amides is 1. The Morgan fingerprint density at radius 2 is 1.55 bits per heavy atom. The molecule has 1 amide bonds. The molecule has 0 unspecified atom stereocenters. The summed E-state index contributed by atoms with van der Waals surface area (Å²) in [6.07, 6.45) is 3.19. The van der Waals surface area contributed by atoms with Gasteiger partial charge in [-0.3, -0.25) is 9.69 Å². The van der Waals surface area contributed by atoms with Crippen molar-refractivity contribution < 1.29 is 4.79 Å². The molecule has 0 aliphatic rings. The van der Waals surface area contributed by atoms with Gasteiger partial charge >= 0.3 is 0 Å². The molecule has 0 bridgehead atoms. The molecule has 20 heavy (non-hydrogen) atoms. The van der Waals surface area contributed by atoms with Crippen LogP contribution in [0.3, 0.4) is 0 Å². The van der Waals surface area contributed by atoms with Crippen molar-refractivity contribution in [2.24, 2.45) is 5.73 Å². The lowest BCUT2D eigenvalue weighted by Crippen LogP contribution is -2.39. The molecule has 0 heterocycles. The molecule has 2 N–H and O–H groups in total. The molecule has 2 aromatic rings. The first-order valence-corrected chi connectivity index (χ1v) is 6.51. The maximum absolute atomic E-state index is 12.2. The van der Waals surface area contributed by atoms with Crippen molar-refractivity contribution in [2.75, 3.05) is 4.90 Å². The van der Waals surface area contributed by atoms with E-state index in [4.69, 9.17) is 18.0 Å². The fourth-order valence-corrected chi connectivity index (χ4v) is 1.94. The average molecular weight is 282 g/mol. The van der Waals surface area contributed by atoms with Gasteiger partial charge in [-0.1, -0.05) is 48.5 Å². The van der Waals surface area contributed by atoms with E-state index < -0.39 is 0 Å². The lowest BCUT2D eigenvalue weighted by Gasteiger charge is -2.18. The maximum atomic E-state index is 12.2. The standard InChI is InChI=1S/C16H14N2OS/c17-16(20)18(14-9-5-2-6-10-14)15(19)12-11-13-7-3-1-4-8-13/h1-12H,(H2,17,20). The molecule has 3 nitrogen and oxygen atoms in total. The van der Waals surface area contributed by atoms with Crippen LogP contribution in [0, 0.1) is 0 Å². The predicted molar refractivity (Wildman–Crippen MR) is 86.2 cm³/mol. The first-order valence-electron chi connectivity index (χ1n) is 6.10. The van der Waals surface area contributed by atoms with E-state index in [2.05, 4.69) is 0 Å². The molecular formula is C16H14N2OS. The van der Waals surface area contributed by atoms with Crippen LogP contribution in [0.25, 0.3) is 6.08 Å². The van der Waals surface area contributed by atoms with Crippen molar-refractivity contribution >= 4 is 35.0 Å². The van der Waals surface area contributed by atoms with Gasteiger partial charge in [-0.2, -0.15) is 0 Å². The summed E-state index contributed by atoms with van der Waals surface area (Å²) < 4.78 is 0. The van der Waals surface area contributed by atoms with Gasteiger partial charge in [-0.15, -0.1) is 0 Å². The summed E-state index contributed by atoms with van der Waals surface area (Å²) in [5.74, 6) is -0.271. The molecule has 100 valence electrons. The Bertz CT molecular complexity index is 623. The van der Waals surface area contributed by atoms with Gasteiger partial charge in [0.15, 0.2) is 5.11 Å². The second-order valence-electron chi connectivity index (χ2n) is 4.09. The maximum Gasteiger partial charge on any atom is 0.257 e. The Kier molecular flexibility index (Phi) is 4.63. The van der Waals surface area contributed by atoms with E-state index in [-0.39, 0.29) is 11.0 Å². The van der Waals surface area contributed by atoms with Crippen molar-refractivity contribution in [3.05, 3.63) is 72.3 Å². The minimum atomic E-state index is -0.271. The third-order valence-corrected chi connectivity index (χ3v) is 2.86. The van der Waals surface area contributed by atoms with Crippen LogP contribution in [0.2, 0.25) is 0 Å². The Morgan fingerprint density at radius 1 is 1.00 bits per heavy atom. The summed E-state index contributed by atoms with van der Waals surface area (Å²) >= 11 is 4.96. The van der Waals surface area contributed by atoms with Crippen LogP contribution >= 0.6 is 12.2 Å². The summed E-state index contributed by atoms with van der Waals surface area (Å²) in [7, 11) is 0. The summed E-state index contributed by atoms with van der Waals surface area (Å²) in [6, 6.07) is 18.7. The number of carbonyl (C=O) groups is 1. The highest BCUT2D eigenvalue weighted by atomic mass is 32.1. The Labute approximate surface area is 123 Å². The summed E-state index contributed by atoms with van der Waals surface area (Å²) in [4.78, 5) is 13.5. The largest absolute Gasteiger partial charge is 0.376 e. The van der Waals surface area contributed by atoms with Crippen molar-refractivity contribution in [1.29, 1.82) is 0 Å². The number of anilines is 1. The van der Waals surface area contributed by atoms with E-state index in [0.29, 0.717) is 5.69 Å². The first kappa shape index (κ1) is 14.0. The van der Waals surface area contributed by atoms with Crippen LogP contribution < -0.4 is 10.6 Å². The van der Waals surface area contributed by atoms with E-state index >= 15 is 0 Å². The number of hydrogen-bond donors (Lipinski definition) is 1. The number of nitrogens with zero attached hydrogens (tertiary/aromatic N) is 1. The molecule has 0 aliphatic carbocycles. The highest BCUT2D eigenvalue weighted by molar-refractivity contribution is 7.80. The Morgan fingerprint density at radius 3 is 2.10 bits per heavy atom. The number of rotatable bonds is 3. The SMILES string of the molecule is NC(=S)N(C(=O)C=Cc1ccccc1)c1ccccc1. The molecule has 0 atom stereocenters. The first-order chi connectivity index (χ1) is 9.68. The van der Waals surface area contributed by atoms with E-state index in [1.54, 1.807) is 18.2 Å². The zero-order valence-corrected chi connectivity index (χ0v) is 11.6. The van der Waals surface area contributed by atoms with Crippen LogP contribution in [0.1, 0.15) is 5.56 Å². The van der Waals surface area contributed by atoms with Gasteiger partial charge in [-0.25, -0.2) is 0 Å². The fourth-order valence-electron chi connectivity index (χ4n) is 1.75. The van der Waals surface area contributed by atoms with Crippen LogP contribution in [0.4, 0.5) is 5.69 Å². The second-order valence-corrected chi connectivity index (χ2v) is 4.51. The monoisotopic (exact) mass is 282 g/mol. The molecule has 0 aromatic heterocycles. The number of carbonyl (C=O) groups excluding carboxylic acids is 1. The van der Waals surface area contributed by atoms with Crippen LogP contribution in [0.15, 0.2) is 66.7 Å². The Hall–Kier alpha value is -2.46. The number of thiocarbonyl (C=S) groups is 1. The van der Waals surface area contributed by atoms with Crippen LogP contribution in [0.5, 0.6) is 0 Å². The topological polar surface area (TPSA) is 46.3 Å². The van der Waals surface area contributed by atoms with Gasteiger partial charge < -0.3 is 5.73 Å². The van der Waals surface area contributed by atoms with E-state index in [9.17, 15) is 4.79 Å². The quantitative estimate of drug-likeness (QED) is 0.695. The van der Waals surface area contributed by atoms with E-state index in [1.807, 2.05) is 48.5 Å². The van der Waals surface area contributed by atoms with Crippen LogP contribution in [-0.2, 0) is 4.79 Å². The van der Waals surface area contributed by atoms with E-state index in [0.717, 1.165) is 5.56 Å². The number of benzene rings is 2. The molecular weight excluding hydrogens is 268 g/mol. The summed E-state index contributed by atoms with van der Waals surface area (Å²) in [5.41, 5.74) is 7.24.